The summed E-state index contributed by atoms with van der Waals surface area (Å²) in [6.07, 6.45) is -9.23. The molecule has 0 aromatic heterocycles. The van der Waals surface area contributed by atoms with E-state index in [4.69, 9.17) is 15.7 Å². The highest BCUT2D eigenvalue weighted by Gasteiger charge is 2.64. The highest BCUT2D eigenvalue weighted by Crippen LogP contribution is 2.37. The van der Waals surface area contributed by atoms with E-state index in [2.05, 4.69) is 4.84 Å². The average molecular weight is 205 g/mol. The molecular formula is C3H3F4N3O3. The number of alkyl halides is 4. The Hall–Kier alpha value is -1.25. The molecule has 0 aliphatic carbocycles. The van der Waals surface area contributed by atoms with Gasteiger partial charge in [0.05, 0.1) is 0 Å². The Morgan fingerprint density at radius 2 is 1.77 bits per heavy atom. The number of aliphatic hydroxyl groups excluding tert-OH is 1. The van der Waals surface area contributed by atoms with E-state index in [1.807, 2.05) is 0 Å². The zero-order valence-electron chi connectivity index (χ0n) is 5.73. The van der Waals surface area contributed by atoms with Gasteiger partial charge in [-0.25, -0.2) is 0 Å². The van der Waals surface area contributed by atoms with Crippen LogP contribution in [0.1, 0.15) is 0 Å². The van der Waals surface area contributed by atoms with Gasteiger partial charge in [-0.05, 0) is 5.53 Å². The first-order chi connectivity index (χ1) is 5.75. The van der Waals surface area contributed by atoms with Crippen molar-refractivity contribution < 1.29 is 32.6 Å². The molecule has 0 aliphatic rings. The minimum atomic E-state index is -5.73. The maximum absolute atomic E-state index is 12.5. The van der Waals surface area contributed by atoms with Gasteiger partial charge in [0.15, 0.2) is 0 Å². The molecule has 0 rings (SSSR count). The van der Waals surface area contributed by atoms with Gasteiger partial charge in [0.25, 0.3) is 0 Å². The fraction of sp³-hybridized carbons (Fsp3) is 1.00. The van der Waals surface area contributed by atoms with E-state index in [9.17, 15) is 17.6 Å². The molecular weight excluding hydrogens is 202 g/mol. The topological polar surface area (TPSA) is 98.5 Å². The molecule has 6 nitrogen and oxygen atoms in total. The molecule has 0 radical (unpaired) electrons. The third-order valence-corrected chi connectivity index (χ3v) is 0.929. The molecule has 76 valence electrons. The minimum absolute atomic E-state index is 1.66. The van der Waals surface area contributed by atoms with Gasteiger partial charge in [0, 0.05) is 4.91 Å². The quantitative estimate of drug-likeness (QED) is 0.178. The number of rotatable bonds is 3. The molecule has 0 aromatic carbocycles. The summed E-state index contributed by atoms with van der Waals surface area (Å²) < 4.78 is 47.5. The van der Waals surface area contributed by atoms with Crippen LogP contribution in [0.5, 0.6) is 0 Å². The lowest BCUT2D eigenvalue weighted by molar-refractivity contribution is -0.394. The van der Waals surface area contributed by atoms with Crippen molar-refractivity contribution in [1.29, 1.82) is 0 Å². The predicted octanol–water partition coefficient (Wildman–Crippen LogP) is 0.767. The van der Waals surface area contributed by atoms with Crippen LogP contribution in [-0.4, -0.2) is 28.5 Å². The van der Waals surface area contributed by atoms with Gasteiger partial charge in [0.2, 0.25) is 6.29 Å². The standard InChI is InChI=1S/C3H3F4N3O3/c4-2(1(11)12,3(5,6)7)13-10-9-8/h1,11-12H. The van der Waals surface area contributed by atoms with E-state index in [0.29, 0.717) is 0 Å². The Morgan fingerprint density at radius 1 is 1.31 bits per heavy atom. The molecule has 0 bridgehead atoms. The van der Waals surface area contributed by atoms with Crippen molar-refractivity contribution in [2.75, 3.05) is 0 Å². The van der Waals surface area contributed by atoms with Crippen molar-refractivity contribution in [3.8, 4) is 0 Å². The highest BCUT2D eigenvalue weighted by atomic mass is 19.4. The van der Waals surface area contributed by atoms with E-state index in [1.165, 1.54) is 0 Å². The van der Waals surface area contributed by atoms with E-state index in [0.717, 1.165) is 0 Å². The Kier molecular flexibility index (Phi) is 3.29. The summed E-state index contributed by atoms with van der Waals surface area (Å²) in [5.41, 5.74) is 7.51. The van der Waals surface area contributed by atoms with Crippen LogP contribution in [0.3, 0.4) is 0 Å². The lowest BCUT2D eigenvalue weighted by Gasteiger charge is -2.26. The second-order valence-corrected chi connectivity index (χ2v) is 1.78. The summed E-state index contributed by atoms with van der Waals surface area (Å²) >= 11 is 0. The summed E-state index contributed by atoms with van der Waals surface area (Å²) in [4.78, 5) is 4.58. The van der Waals surface area contributed by atoms with Crippen LogP contribution in [-0.2, 0) is 4.84 Å². The van der Waals surface area contributed by atoms with Gasteiger partial charge in [-0.15, -0.1) is 0 Å². The smallest absolute Gasteiger partial charge is 0.381 e. The van der Waals surface area contributed by atoms with Crippen molar-refractivity contribution in [3.63, 3.8) is 0 Å². The van der Waals surface area contributed by atoms with Gasteiger partial charge >= 0.3 is 12.0 Å². The Bertz CT molecular complexity index is 224. The zero-order valence-corrected chi connectivity index (χ0v) is 5.73. The molecule has 0 heterocycles. The second-order valence-electron chi connectivity index (χ2n) is 1.78. The summed E-state index contributed by atoms with van der Waals surface area (Å²) in [6.45, 7) is 0. The van der Waals surface area contributed by atoms with Gasteiger partial charge in [0.1, 0.15) is 5.28 Å². The summed E-state index contributed by atoms with van der Waals surface area (Å²) in [5.74, 6) is -4.82. The molecule has 0 amide bonds. The molecule has 1 unspecified atom stereocenters. The molecule has 0 saturated heterocycles. The Labute approximate surface area is 67.9 Å². The van der Waals surface area contributed by atoms with Gasteiger partial charge in [-0.3, -0.25) is 0 Å². The van der Waals surface area contributed by atoms with E-state index < -0.39 is 18.3 Å². The van der Waals surface area contributed by atoms with Crippen molar-refractivity contribution in [2.24, 2.45) is 5.28 Å². The molecule has 13 heavy (non-hydrogen) atoms. The number of hydrogen-bond acceptors (Lipinski definition) is 4. The third kappa shape index (κ3) is 2.34. The first-order valence-electron chi connectivity index (χ1n) is 2.60. The molecule has 1 atom stereocenters. The van der Waals surface area contributed by atoms with Crippen molar-refractivity contribution in [3.05, 3.63) is 10.4 Å². The second kappa shape index (κ2) is 3.64. The van der Waals surface area contributed by atoms with Crippen molar-refractivity contribution in [2.45, 2.75) is 18.3 Å². The first-order valence-corrected chi connectivity index (χ1v) is 2.60. The minimum Gasteiger partial charge on any atom is -0.381 e. The molecule has 0 aliphatic heterocycles. The molecule has 0 fully saturated rings. The fourth-order valence-electron chi connectivity index (χ4n) is 0.323. The zero-order chi connectivity index (χ0) is 10.7. The largest absolute Gasteiger partial charge is 0.466 e. The summed E-state index contributed by atoms with van der Waals surface area (Å²) in [5, 5.41) is 17.8. The number of azide groups is 1. The van der Waals surface area contributed by atoms with Crippen LogP contribution in [0.4, 0.5) is 17.6 Å². The number of halogens is 4. The van der Waals surface area contributed by atoms with Crippen LogP contribution in [0.2, 0.25) is 0 Å². The average Bonchev–Trinajstić information content (AvgIpc) is 1.97. The van der Waals surface area contributed by atoms with E-state index in [-0.39, 0.29) is 0 Å². The normalized spacial score (nSPS) is 16.2. The Morgan fingerprint density at radius 3 is 2.00 bits per heavy atom. The van der Waals surface area contributed by atoms with Crippen LogP contribution < -0.4 is 0 Å². The van der Waals surface area contributed by atoms with Gasteiger partial charge in [-0.2, -0.15) is 17.6 Å². The van der Waals surface area contributed by atoms with Gasteiger partial charge < -0.3 is 15.1 Å². The maximum atomic E-state index is 12.5. The number of nitrogens with zero attached hydrogens (tertiary/aromatic N) is 3. The van der Waals surface area contributed by atoms with Crippen LogP contribution >= 0.6 is 0 Å². The Balaban J connectivity index is 4.84. The maximum Gasteiger partial charge on any atom is 0.466 e. The SMILES string of the molecule is [N-]=[N+]=NOC(F)(C(O)O)C(F)(F)F. The van der Waals surface area contributed by atoms with Crippen molar-refractivity contribution >= 4 is 0 Å². The molecule has 0 aromatic rings. The van der Waals surface area contributed by atoms with Crippen LogP contribution in [0.25, 0.3) is 10.4 Å². The van der Waals surface area contributed by atoms with E-state index >= 15 is 0 Å². The van der Waals surface area contributed by atoms with Crippen LogP contribution in [0, 0.1) is 0 Å². The fourth-order valence-corrected chi connectivity index (χ4v) is 0.323. The molecule has 0 spiro atoms. The number of aliphatic hydroxyl groups is 2. The first kappa shape index (κ1) is 11.8. The number of hydrogen-bond donors (Lipinski definition) is 2. The third-order valence-electron chi connectivity index (χ3n) is 0.929. The van der Waals surface area contributed by atoms with E-state index in [1.54, 1.807) is 10.2 Å². The monoisotopic (exact) mass is 205 g/mol. The summed E-state index contributed by atoms with van der Waals surface area (Å²) in [7, 11) is 0. The van der Waals surface area contributed by atoms with Gasteiger partial charge in [-0.1, -0.05) is 0 Å². The molecule has 0 saturated carbocycles. The predicted molar refractivity (Wildman–Crippen MR) is 28.4 cm³/mol. The lowest BCUT2D eigenvalue weighted by atomic mass is 10.3. The molecule has 2 N–H and O–H groups in total. The summed E-state index contributed by atoms with van der Waals surface area (Å²) in [6, 6.07) is 0. The van der Waals surface area contributed by atoms with Crippen LogP contribution in [0.15, 0.2) is 5.28 Å². The lowest BCUT2D eigenvalue weighted by Crippen LogP contribution is -2.52. The highest BCUT2D eigenvalue weighted by molar-refractivity contribution is 4.78. The van der Waals surface area contributed by atoms with Crippen molar-refractivity contribution in [1.82, 2.24) is 0 Å². The molecule has 10 heteroatoms.